The number of nitrogens with zero attached hydrogens (tertiary/aromatic N) is 2. The molecule has 3 aromatic rings. The van der Waals surface area contributed by atoms with Crippen molar-refractivity contribution >= 4 is 10.9 Å². The van der Waals surface area contributed by atoms with Gasteiger partial charge < -0.3 is 4.74 Å². The van der Waals surface area contributed by atoms with Crippen molar-refractivity contribution in [2.75, 3.05) is 7.11 Å². The Balaban J connectivity index is 0.000000596. The second-order valence-corrected chi connectivity index (χ2v) is 5.74. The summed E-state index contributed by atoms with van der Waals surface area (Å²) >= 11 is 0. The van der Waals surface area contributed by atoms with Gasteiger partial charge in [0.25, 0.3) is 0 Å². The number of alkyl halides is 3. The second kappa shape index (κ2) is 8.69. The fourth-order valence-corrected chi connectivity index (χ4v) is 2.25. The number of thiol groups is 1. The van der Waals surface area contributed by atoms with Gasteiger partial charge in [0.15, 0.2) is 16.6 Å². The van der Waals surface area contributed by atoms with Crippen LogP contribution in [0.3, 0.4) is 0 Å². The average molecular weight is 399 g/mol. The summed E-state index contributed by atoms with van der Waals surface area (Å²) in [5.74, 6) is 0.635. The maximum Gasteiger partial charge on any atom is 0.435 e. The van der Waals surface area contributed by atoms with E-state index in [1.54, 1.807) is 54.6 Å². The minimum absolute atomic E-state index is 0.367. The Morgan fingerprint density at radius 3 is 2.07 bits per heavy atom. The lowest BCUT2D eigenvalue weighted by molar-refractivity contribution is -0.141. The van der Waals surface area contributed by atoms with Crippen LogP contribution in [0.5, 0.6) is 5.75 Å². The first-order valence-electron chi connectivity index (χ1n) is 7.48. The molecule has 6 nitrogen and oxygen atoms in total. The molecule has 0 radical (unpaired) electrons. The Morgan fingerprint density at radius 1 is 1.04 bits per heavy atom. The number of hydrogen-bond donors (Lipinski definition) is 2. The minimum atomic E-state index is -4.50. The summed E-state index contributed by atoms with van der Waals surface area (Å²) in [6.45, 7) is 0. The molecule has 27 heavy (non-hydrogen) atoms. The van der Waals surface area contributed by atoms with Crippen molar-refractivity contribution < 1.29 is 26.3 Å². The van der Waals surface area contributed by atoms with Gasteiger partial charge in [-0.25, -0.2) is 18.2 Å². The van der Waals surface area contributed by atoms with E-state index in [9.17, 15) is 13.2 Å². The molecule has 2 aromatic carbocycles. The number of aromatic nitrogens is 2. The molecule has 0 saturated heterocycles. The molecule has 0 fully saturated rings. The van der Waals surface area contributed by atoms with E-state index in [2.05, 4.69) is 10.2 Å². The fraction of sp³-hybridized carbons (Fsp3) is 0.118. The van der Waals surface area contributed by atoms with Crippen molar-refractivity contribution in [3.05, 3.63) is 66.4 Å². The van der Waals surface area contributed by atoms with Crippen molar-refractivity contribution in [3.63, 3.8) is 0 Å². The monoisotopic (exact) mass is 399 g/mol. The summed E-state index contributed by atoms with van der Waals surface area (Å²) in [7, 11) is -1.09. The van der Waals surface area contributed by atoms with Crippen LogP contribution in [-0.2, 0) is 17.1 Å². The average Bonchev–Trinajstić information content (AvgIpc) is 3.08. The first-order chi connectivity index (χ1) is 12.7. The largest absolute Gasteiger partial charge is 0.497 e. The van der Waals surface area contributed by atoms with Crippen molar-refractivity contribution in [1.29, 1.82) is 0 Å². The highest BCUT2D eigenvalue weighted by Gasteiger charge is 2.35. The SMILES string of the molecule is COc1ccc(-c2cc(C(F)(F)F)nn2-c2ccccc2)cc1.N[SH](=O)=O. The highest BCUT2D eigenvalue weighted by Crippen LogP contribution is 2.33. The maximum atomic E-state index is 13.0. The molecule has 10 heteroatoms. The summed E-state index contributed by atoms with van der Waals surface area (Å²) < 4.78 is 63.1. The van der Waals surface area contributed by atoms with Crippen LogP contribution in [0, 0.1) is 0 Å². The molecule has 1 heterocycles. The van der Waals surface area contributed by atoms with Crippen LogP contribution in [-0.4, -0.2) is 25.3 Å². The van der Waals surface area contributed by atoms with Crippen LogP contribution >= 0.6 is 0 Å². The van der Waals surface area contributed by atoms with E-state index in [1.807, 2.05) is 0 Å². The molecule has 0 aliphatic carbocycles. The molecule has 0 saturated carbocycles. The number of methoxy groups -OCH3 is 1. The van der Waals surface area contributed by atoms with Crippen molar-refractivity contribution in [3.8, 4) is 22.7 Å². The number of hydrogen-bond acceptors (Lipinski definition) is 4. The van der Waals surface area contributed by atoms with Gasteiger partial charge in [0.1, 0.15) is 5.75 Å². The summed E-state index contributed by atoms with van der Waals surface area (Å²) in [5, 5.41) is 7.80. The van der Waals surface area contributed by atoms with Crippen LogP contribution in [0.2, 0.25) is 0 Å². The maximum absolute atomic E-state index is 13.0. The summed E-state index contributed by atoms with van der Waals surface area (Å²) in [5.41, 5.74) is 0.629. The summed E-state index contributed by atoms with van der Waals surface area (Å²) in [4.78, 5) is 0. The van der Waals surface area contributed by atoms with E-state index in [4.69, 9.17) is 13.2 Å². The predicted octanol–water partition coefficient (Wildman–Crippen LogP) is 3.04. The van der Waals surface area contributed by atoms with Gasteiger partial charge in [-0.2, -0.15) is 18.3 Å². The van der Waals surface area contributed by atoms with E-state index in [1.165, 1.54) is 11.8 Å². The van der Waals surface area contributed by atoms with Gasteiger partial charge in [-0.05, 0) is 42.5 Å². The number of ether oxygens (including phenoxy) is 1. The summed E-state index contributed by atoms with van der Waals surface area (Å²) in [6.07, 6.45) is -4.50. The third-order valence-electron chi connectivity index (χ3n) is 3.39. The molecule has 0 aliphatic rings. The molecule has 1 aromatic heterocycles. The summed E-state index contributed by atoms with van der Waals surface area (Å²) in [6, 6.07) is 16.6. The lowest BCUT2D eigenvalue weighted by Crippen LogP contribution is -2.07. The molecule has 0 bridgehead atoms. The van der Waals surface area contributed by atoms with Crippen molar-refractivity contribution in [1.82, 2.24) is 9.78 Å². The first kappa shape index (κ1) is 20.5. The topological polar surface area (TPSA) is 87.2 Å². The van der Waals surface area contributed by atoms with E-state index in [0.29, 0.717) is 22.7 Å². The molecule has 0 unspecified atom stereocenters. The lowest BCUT2D eigenvalue weighted by Gasteiger charge is -2.08. The quantitative estimate of drug-likeness (QED) is 0.663. The molecular weight excluding hydrogens is 383 g/mol. The predicted molar refractivity (Wildman–Crippen MR) is 95.1 cm³/mol. The third kappa shape index (κ3) is 5.56. The van der Waals surface area contributed by atoms with E-state index < -0.39 is 22.8 Å². The molecule has 0 spiro atoms. The van der Waals surface area contributed by atoms with Gasteiger partial charge in [0.05, 0.1) is 18.5 Å². The van der Waals surface area contributed by atoms with Crippen molar-refractivity contribution in [2.45, 2.75) is 6.18 Å². The Labute approximate surface area is 155 Å². The van der Waals surface area contributed by atoms with Crippen LogP contribution in [0.4, 0.5) is 13.2 Å². The van der Waals surface area contributed by atoms with E-state index in [0.717, 1.165) is 6.07 Å². The van der Waals surface area contributed by atoms with E-state index >= 15 is 0 Å². The molecule has 2 N–H and O–H groups in total. The number of rotatable bonds is 3. The smallest absolute Gasteiger partial charge is 0.435 e. The standard InChI is InChI=1S/C17H13F3N2O.H3NO2S/c1-23-14-9-7-12(8-10-14)15-11-16(17(18,19)20)21-22(15)13-5-3-2-4-6-13;1-4(2)3/h2-11H,1H3;4H,(H2,1,2,3). The fourth-order valence-electron chi connectivity index (χ4n) is 2.25. The zero-order valence-electron chi connectivity index (χ0n) is 14.1. The number of nitrogens with two attached hydrogens (primary N) is 1. The van der Waals surface area contributed by atoms with Crippen molar-refractivity contribution in [2.24, 2.45) is 5.14 Å². The Hall–Kier alpha value is -2.85. The van der Waals surface area contributed by atoms with E-state index in [-0.39, 0.29) is 0 Å². The third-order valence-corrected chi connectivity index (χ3v) is 3.39. The Morgan fingerprint density at radius 2 is 1.59 bits per heavy atom. The minimum Gasteiger partial charge on any atom is -0.497 e. The van der Waals surface area contributed by atoms with Gasteiger partial charge in [-0.15, -0.1) is 0 Å². The number of para-hydroxylation sites is 1. The normalized spacial score (nSPS) is 11.0. The zero-order chi connectivity index (χ0) is 20.0. The highest BCUT2D eigenvalue weighted by atomic mass is 32.2. The van der Waals surface area contributed by atoms with Gasteiger partial charge in [0.2, 0.25) is 0 Å². The Bertz CT molecular complexity index is 945. The molecule has 0 atom stereocenters. The number of halogens is 3. The highest BCUT2D eigenvalue weighted by molar-refractivity contribution is 7.69. The molecule has 3 rings (SSSR count). The van der Waals surface area contributed by atoms with Gasteiger partial charge in [-0.3, -0.25) is 0 Å². The van der Waals surface area contributed by atoms with Gasteiger partial charge >= 0.3 is 6.18 Å². The first-order valence-corrected chi connectivity index (χ1v) is 8.73. The van der Waals surface area contributed by atoms with Crippen LogP contribution < -0.4 is 9.88 Å². The Kier molecular flexibility index (Phi) is 6.59. The molecule has 144 valence electrons. The molecular formula is C17H16F3N3O3S. The van der Waals surface area contributed by atoms with Crippen LogP contribution in [0.15, 0.2) is 60.7 Å². The second-order valence-electron chi connectivity index (χ2n) is 5.17. The van der Waals surface area contributed by atoms with Crippen LogP contribution in [0.1, 0.15) is 5.69 Å². The van der Waals surface area contributed by atoms with Gasteiger partial charge in [0, 0.05) is 5.56 Å². The zero-order valence-corrected chi connectivity index (χ0v) is 14.9. The van der Waals surface area contributed by atoms with Crippen LogP contribution in [0.25, 0.3) is 16.9 Å². The number of benzene rings is 2. The molecule has 0 aliphatic heterocycles. The molecule has 0 amide bonds. The lowest BCUT2D eigenvalue weighted by atomic mass is 10.1. The van der Waals surface area contributed by atoms with Gasteiger partial charge in [-0.1, -0.05) is 18.2 Å².